The highest BCUT2D eigenvalue weighted by molar-refractivity contribution is 5.37. The number of fused-ring (bicyclic) bond motifs is 2. The Morgan fingerprint density at radius 3 is 2.69 bits per heavy atom. The van der Waals surface area contributed by atoms with Gasteiger partial charge in [-0.15, -0.1) is 0 Å². The fraction of sp³-hybridized carbons (Fsp3) is 0.900. The second-order valence-electron chi connectivity index (χ2n) is 4.52. The quantitative estimate of drug-likeness (QED) is 0.475. The van der Waals surface area contributed by atoms with Crippen LogP contribution in [-0.2, 0) is 9.53 Å². The van der Waals surface area contributed by atoms with Gasteiger partial charge < -0.3 is 4.74 Å². The van der Waals surface area contributed by atoms with Crippen molar-refractivity contribution >= 4 is 6.08 Å². The molecule has 2 aliphatic heterocycles. The zero-order chi connectivity index (χ0) is 8.89. The summed E-state index contributed by atoms with van der Waals surface area (Å²) >= 11 is 0. The van der Waals surface area contributed by atoms with E-state index < -0.39 is 0 Å². The van der Waals surface area contributed by atoms with Crippen LogP contribution in [0.25, 0.3) is 0 Å². The number of isocyanates is 1. The van der Waals surface area contributed by atoms with Gasteiger partial charge in [0.15, 0.2) is 0 Å². The molecule has 2 bridgehead atoms. The molecular weight excluding hydrogens is 166 g/mol. The van der Waals surface area contributed by atoms with Crippen molar-refractivity contribution in [3.63, 3.8) is 0 Å². The summed E-state index contributed by atoms with van der Waals surface area (Å²) in [6.07, 6.45) is 8.23. The van der Waals surface area contributed by atoms with Crippen LogP contribution in [0.2, 0.25) is 0 Å². The molecule has 3 atom stereocenters. The number of aliphatic imine (C=N–C) groups is 1. The second kappa shape index (κ2) is 2.43. The topological polar surface area (TPSA) is 38.7 Å². The van der Waals surface area contributed by atoms with E-state index in [0.29, 0.717) is 18.1 Å². The fourth-order valence-corrected chi connectivity index (χ4v) is 2.99. The molecule has 0 aromatic carbocycles. The average Bonchev–Trinajstić information content (AvgIpc) is 2.62. The Hall–Kier alpha value is -0.660. The van der Waals surface area contributed by atoms with Crippen LogP contribution in [0.5, 0.6) is 0 Å². The second-order valence-corrected chi connectivity index (χ2v) is 4.52. The molecule has 70 valence electrons. The van der Waals surface area contributed by atoms with Crippen LogP contribution in [0, 0.1) is 5.92 Å². The molecule has 0 N–H and O–H groups in total. The number of nitrogens with zero attached hydrogens (tertiary/aromatic N) is 1. The molecule has 0 amide bonds. The normalized spacial score (nSPS) is 44.5. The van der Waals surface area contributed by atoms with Crippen molar-refractivity contribution in [3.05, 3.63) is 0 Å². The SMILES string of the molecule is O=C=NC1(C2CC3CCC2O3)CC1. The molecule has 3 rings (SSSR count). The molecule has 0 spiro atoms. The largest absolute Gasteiger partial charge is 0.375 e. The van der Waals surface area contributed by atoms with Crippen LogP contribution in [0.1, 0.15) is 32.1 Å². The van der Waals surface area contributed by atoms with Crippen LogP contribution < -0.4 is 0 Å². The van der Waals surface area contributed by atoms with Gasteiger partial charge in [-0.05, 0) is 32.1 Å². The maximum atomic E-state index is 10.3. The number of hydrogen-bond acceptors (Lipinski definition) is 3. The summed E-state index contributed by atoms with van der Waals surface area (Å²) in [5, 5.41) is 0. The molecule has 3 fully saturated rings. The Balaban J connectivity index is 1.83. The van der Waals surface area contributed by atoms with Gasteiger partial charge in [-0.1, -0.05) is 0 Å². The predicted molar refractivity (Wildman–Crippen MR) is 46.1 cm³/mol. The maximum absolute atomic E-state index is 10.3. The van der Waals surface area contributed by atoms with Gasteiger partial charge in [0.05, 0.1) is 17.7 Å². The first-order valence-electron chi connectivity index (χ1n) is 5.08. The Morgan fingerprint density at radius 1 is 1.38 bits per heavy atom. The lowest BCUT2D eigenvalue weighted by atomic mass is 9.82. The molecule has 2 heterocycles. The van der Waals surface area contributed by atoms with Gasteiger partial charge in [0, 0.05) is 5.92 Å². The minimum absolute atomic E-state index is 0.0401. The number of ether oxygens (including phenoxy) is 1. The van der Waals surface area contributed by atoms with E-state index in [-0.39, 0.29) is 5.54 Å². The van der Waals surface area contributed by atoms with E-state index in [1.807, 2.05) is 0 Å². The molecule has 0 radical (unpaired) electrons. The highest BCUT2D eigenvalue weighted by Crippen LogP contribution is 2.55. The summed E-state index contributed by atoms with van der Waals surface area (Å²) in [4.78, 5) is 14.3. The number of rotatable bonds is 2. The van der Waals surface area contributed by atoms with Crippen LogP contribution in [-0.4, -0.2) is 23.8 Å². The van der Waals surface area contributed by atoms with E-state index in [0.717, 1.165) is 19.3 Å². The van der Waals surface area contributed by atoms with Crippen LogP contribution >= 0.6 is 0 Å². The minimum Gasteiger partial charge on any atom is -0.375 e. The molecule has 0 aromatic rings. The zero-order valence-electron chi connectivity index (χ0n) is 7.53. The van der Waals surface area contributed by atoms with Crippen LogP contribution in [0.15, 0.2) is 4.99 Å². The van der Waals surface area contributed by atoms with Gasteiger partial charge in [0.1, 0.15) is 0 Å². The van der Waals surface area contributed by atoms with Crippen molar-refractivity contribution in [2.45, 2.75) is 49.9 Å². The smallest absolute Gasteiger partial charge is 0.235 e. The summed E-state index contributed by atoms with van der Waals surface area (Å²) in [6, 6.07) is 0. The third kappa shape index (κ3) is 1.01. The van der Waals surface area contributed by atoms with Crippen molar-refractivity contribution in [1.82, 2.24) is 0 Å². The third-order valence-electron chi connectivity index (χ3n) is 3.83. The molecule has 3 heteroatoms. The molecule has 3 nitrogen and oxygen atoms in total. The van der Waals surface area contributed by atoms with Crippen molar-refractivity contribution in [1.29, 1.82) is 0 Å². The fourth-order valence-electron chi connectivity index (χ4n) is 2.99. The van der Waals surface area contributed by atoms with Crippen molar-refractivity contribution in [2.24, 2.45) is 10.9 Å². The lowest BCUT2D eigenvalue weighted by Gasteiger charge is -2.23. The van der Waals surface area contributed by atoms with E-state index in [9.17, 15) is 4.79 Å². The van der Waals surface area contributed by atoms with Gasteiger partial charge in [0.25, 0.3) is 0 Å². The van der Waals surface area contributed by atoms with Crippen molar-refractivity contribution in [2.75, 3.05) is 0 Å². The highest BCUT2D eigenvalue weighted by Gasteiger charge is 2.58. The van der Waals surface area contributed by atoms with E-state index in [4.69, 9.17) is 4.74 Å². The molecule has 2 saturated heterocycles. The third-order valence-corrected chi connectivity index (χ3v) is 3.83. The molecule has 1 saturated carbocycles. The van der Waals surface area contributed by atoms with Gasteiger partial charge in [-0.3, -0.25) is 0 Å². The van der Waals surface area contributed by atoms with Gasteiger partial charge in [-0.25, -0.2) is 4.79 Å². The molecular formula is C10H13NO2. The number of hydrogen-bond donors (Lipinski definition) is 0. The molecule has 3 aliphatic rings. The van der Waals surface area contributed by atoms with Gasteiger partial charge in [0.2, 0.25) is 6.08 Å². The first-order valence-corrected chi connectivity index (χ1v) is 5.08. The summed E-state index contributed by atoms with van der Waals surface area (Å²) in [5.41, 5.74) is -0.0401. The monoisotopic (exact) mass is 179 g/mol. The first kappa shape index (κ1) is 7.72. The average molecular weight is 179 g/mol. The lowest BCUT2D eigenvalue weighted by molar-refractivity contribution is 0.0870. The summed E-state index contributed by atoms with van der Waals surface area (Å²) in [7, 11) is 0. The highest BCUT2D eigenvalue weighted by atomic mass is 16.5. The van der Waals surface area contributed by atoms with Crippen LogP contribution in [0.4, 0.5) is 0 Å². The first-order chi connectivity index (χ1) is 6.34. The molecule has 0 aromatic heterocycles. The summed E-state index contributed by atoms with van der Waals surface area (Å²) in [5.74, 6) is 0.521. The number of carbonyl (C=O) groups excluding carboxylic acids is 1. The van der Waals surface area contributed by atoms with E-state index in [1.165, 1.54) is 12.8 Å². The van der Waals surface area contributed by atoms with Gasteiger partial charge in [-0.2, -0.15) is 4.99 Å². The lowest BCUT2D eigenvalue weighted by Crippen LogP contribution is -2.29. The predicted octanol–water partition coefficient (Wildman–Crippen LogP) is 1.42. The molecule has 3 unspecified atom stereocenters. The molecule has 13 heavy (non-hydrogen) atoms. The standard InChI is InChI=1S/C10H13NO2/c12-6-11-10(3-4-10)8-5-7-1-2-9(8)13-7/h7-9H,1-5H2. The zero-order valence-corrected chi connectivity index (χ0v) is 7.53. The Labute approximate surface area is 77.2 Å². The molecule has 1 aliphatic carbocycles. The summed E-state index contributed by atoms with van der Waals surface area (Å²) in [6.45, 7) is 0. The van der Waals surface area contributed by atoms with Crippen LogP contribution in [0.3, 0.4) is 0 Å². The van der Waals surface area contributed by atoms with Crippen molar-refractivity contribution in [3.8, 4) is 0 Å². The maximum Gasteiger partial charge on any atom is 0.235 e. The van der Waals surface area contributed by atoms with E-state index in [2.05, 4.69) is 4.99 Å². The Morgan fingerprint density at radius 2 is 2.23 bits per heavy atom. The Bertz CT molecular complexity index is 279. The van der Waals surface area contributed by atoms with Crippen molar-refractivity contribution < 1.29 is 9.53 Å². The van der Waals surface area contributed by atoms with Gasteiger partial charge >= 0.3 is 0 Å². The summed E-state index contributed by atoms with van der Waals surface area (Å²) < 4.78 is 5.77. The Kier molecular flexibility index (Phi) is 1.44. The van der Waals surface area contributed by atoms with E-state index >= 15 is 0 Å². The van der Waals surface area contributed by atoms with E-state index in [1.54, 1.807) is 6.08 Å². The minimum atomic E-state index is -0.0401.